The third kappa shape index (κ3) is 11.4. The number of aryl methyl sites for hydroxylation is 1. The van der Waals surface area contributed by atoms with Crippen molar-refractivity contribution in [3.8, 4) is 0 Å². The number of nitrogens with one attached hydrogen (secondary N) is 2. The lowest BCUT2D eigenvalue weighted by atomic mass is 10.0. The predicted molar refractivity (Wildman–Crippen MR) is 173 cm³/mol. The van der Waals surface area contributed by atoms with Crippen LogP contribution in [-0.2, 0) is 4.79 Å². The van der Waals surface area contributed by atoms with Crippen molar-refractivity contribution in [3.63, 3.8) is 0 Å². The molecule has 0 spiro atoms. The Kier molecular flexibility index (Phi) is 14.7. The molecule has 0 amide bonds. The number of anilines is 2. The normalized spacial score (nSPS) is 13.3. The average Bonchev–Trinajstić information content (AvgIpc) is 3.60. The Hall–Kier alpha value is -3.61. The van der Waals surface area contributed by atoms with Gasteiger partial charge >= 0.3 is 0 Å². The number of aliphatic imine (C=N–C) groups is 1. The Labute approximate surface area is 246 Å². The van der Waals surface area contributed by atoms with Gasteiger partial charge in [-0.25, -0.2) is 9.97 Å². The van der Waals surface area contributed by atoms with E-state index in [9.17, 15) is 9.59 Å². The summed E-state index contributed by atoms with van der Waals surface area (Å²) in [6.45, 7) is 14.4. The maximum absolute atomic E-state index is 11.6. The fourth-order valence-electron chi connectivity index (χ4n) is 4.76. The van der Waals surface area contributed by atoms with Crippen LogP contribution < -0.4 is 5.32 Å². The van der Waals surface area contributed by atoms with E-state index in [1.165, 1.54) is 25.7 Å². The van der Waals surface area contributed by atoms with Gasteiger partial charge in [-0.3, -0.25) is 14.6 Å². The van der Waals surface area contributed by atoms with Gasteiger partial charge in [0.2, 0.25) is 5.95 Å². The highest BCUT2D eigenvalue weighted by Gasteiger charge is 2.10. The van der Waals surface area contributed by atoms with E-state index < -0.39 is 0 Å². The molecule has 1 aliphatic carbocycles. The molecule has 7 nitrogen and oxygen atoms in total. The van der Waals surface area contributed by atoms with Crippen molar-refractivity contribution < 1.29 is 9.59 Å². The summed E-state index contributed by atoms with van der Waals surface area (Å²) in [6, 6.07) is 7.69. The Balaban J connectivity index is 0.000000344. The first kappa shape index (κ1) is 33.6. The smallest absolute Gasteiger partial charge is 0.227 e. The quantitative estimate of drug-likeness (QED) is 0.190. The zero-order chi connectivity index (χ0) is 30.2. The molecule has 1 fully saturated rings. The van der Waals surface area contributed by atoms with Crippen LogP contribution in [0.3, 0.4) is 0 Å². The van der Waals surface area contributed by atoms with Crippen LogP contribution in [0.2, 0.25) is 0 Å². The molecule has 7 heteroatoms. The second-order valence-electron chi connectivity index (χ2n) is 10.7. The molecule has 0 atom stereocenters. The number of allylic oxidation sites excluding steroid dienone is 1. The van der Waals surface area contributed by atoms with Gasteiger partial charge in [0.05, 0.1) is 17.1 Å². The molecule has 1 saturated carbocycles. The molecule has 0 unspecified atom stereocenters. The van der Waals surface area contributed by atoms with Gasteiger partial charge in [-0.05, 0) is 68.9 Å². The molecule has 0 aliphatic heterocycles. The summed E-state index contributed by atoms with van der Waals surface area (Å²) in [5, 5.41) is 4.22. The summed E-state index contributed by atoms with van der Waals surface area (Å²) < 4.78 is 0. The lowest BCUT2D eigenvalue weighted by Gasteiger charge is -2.08. The van der Waals surface area contributed by atoms with Gasteiger partial charge in [-0.2, -0.15) is 0 Å². The summed E-state index contributed by atoms with van der Waals surface area (Å²) in [5.74, 6) is 1.93. The fourth-order valence-corrected chi connectivity index (χ4v) is 4.76. The second-order valence-corrected chi connectivity index (χ2v) is 10.7. The molecule has 2 aromatic heterocycles. The number of benzene rings is 1. The van der Waals surface area contributed by atoms with E-state index in [4.69, 9.17) is 0 Å². The van der Waals surface area contributed by atoms with Crippen LogP contribution in [-0.4, -0.2) is 32.7 Å². The molecule has 41 heavy (non-hydrogen) atoms. The highest BCUT2D eigenvalue weighted by atomic mass is 16.1. The van der Waals surface area contributed by atoms with Gasteiger partial charge in [0.1, 0.15) is 5.78 Å². The topological polar surface area (TPSA) is 100 Å². The highest BCUT2D eigenvalue weighted by molar-refractivity contribution is 5.99. The number of hydrogen-bond acceptors (Lipinski definition) is 6. The lowest BCUT2D eigenvalue weighted by molar-refractivity contribution is -0.117. The second kappa shape index (κ2) is 17.9. The molecular weight excluding hydrogens is 510 g/mol. The van der Waals surface area contributed by atoms with Gasteiger partial charge in [0.25, 0.3) is 0 Å². The van der Waals surface area contributed by atoms with E-state index >= 15 is 0 Å². The summed E-state index contributed by atoms with van der Waals surface area (Å²) >= 11 is 0. The van der Waals surface area contributed by atoms with E-state index in [1.54, 1.807) is 13.1 Å². The predicted octanol–water partition coefficient (Wildman–Crippen LogP) is 9.41. The highest BCUT2D eigenvalue weighted by Crippen LogP contribution is 2.26. The van der Waals surface area contributed by atoms with Crippen molar-refractivity contribution in [2.75, 3.05) is 5.32 Å². The van der Waals surface area contributed by atoms with Crippen molar-refractivity contribution >= 4 is 46.0 Å². The van der Waals surface area contributed by atoms with Crippen molar-refractivity contribution in [2.45, 2.75) is 106 Å². The molecular formula is C34H49N5O2. The van der Waals surface area contributed by atoms with E-state index in [2.05, 4.69) is 46.0 Å². The number of rotatable bonds is 10. The number of aromatic amines is 1. The summed E-state index contributed by atoms with van der Waals surface area (Å²) in [5.41, 5.74) is 5.05. The first-order valence-electron chi connectivity index (χ1n) is 15.2. The molecule has 0 saturated heterocycles. The Morgan fingerprint density at radius 1 is 1.12 bits per heavy atom. The van der Waals surface area contributed by atoms with Crippen LogP contribution in [0.15, 0.2) is 41.5 Å². The summed E-state index contributed by atoms with van der Waals surface area (Å²) in [6.07, 6.45) is 15.9. The number of H-pyrrole nitrogens is 1. The molecule has 3 aromatic rings. The first-order chi connectivity index (χ1) is 19.7. The average molecular weight is 560 g/mol. The van der Waals surface area contributed by atoms with Crippen molar-refractivity contribution in [1.29, 1.82) is 0 Å². The fraction of sp³-hybridized carbons (Fsp3) is 0.500. The SMILES string of the molecule is C/C=C(\N=CCC)c1ccnc(Nc2cc(C)c3[nH]c(C(C)=O)cc3c2)n1.CCCC(C)CCC.O=C1CCCC1. The largest absolute Gasteiger partial charge is 0.352 e. The van der Waals surface area contributed by atoms with Gasteiger partial charge in [0.15, 0.2) is 5.78 Å². The van der Waals surface area contributed by atoms with Gasteiger partial charge in [-0.1, -0.05) is 59.5 Å². The minimum atomic E-state index is 0.0164. The molecule has 4 rings (SSSR count). The number of nitrogens with zero attached hydrogens (tertiary/aromatic N) is 3. The zero-order valence-electron chi connectivity index (χ0n) is 26.1. The number of Topliss-reactive ketones (excluding diaryl/α,β-unsaturated/α-hetero) is 2. The van der Waals surface area contributed by atoms with E-state index in [0.717, 1.165) is 71.6 Å². The standard InChI is InChI=1S/C21H23N5O.C8H18.C5H8O/c1-5-8-22-17(6-2)18-7-9-23-21(26-18)24-16-10-13(3)20-15(11-16)12-19(25-20)14(4)27;1-4-6-8(3)7-5-2;6-5-3-1-2-4-5/h6-12,25H,5H2,1-4H3,(H,23,24,26);8H,4-7H2,1-3H3;1-4H2/b17-6-,22-8?;;. The van der Waals surface area contributed by atoms with Gasteiger partial charge < -0.3 is 10.3 Å². The molecule has 0 radical (unpaired) electrons. The van der Waals surface area contributed by atoms with Crippen LogP contribution in [0, 0.1) is 12.8 Å². The monoisotopic (exact) mass is 559 g/mol. The number of carbonyl (C=O) groups excluding carboxylic acids is 2. The van der Waals surface area contributed by atoms with E-state index in [0.29, 0.717) is 17.4 Å². The zero-order valence-corrected chi connectivity index (χ0v) is 26.1. The number of aromatic nitrogens is 3. The maximum Gasteiger partial charge on any atom is 0.227 e. The Morgan fingerprint density at radius 2 is 1.80 bits per heavy atom. The number of carbonyl (C=O) groups is 2. The molecule has 222 valence electrons. The van der Waals surface area contributed by atoms with Crippen LogP contribution in [0.1, 0.15) is 121 Å². The third-order valence-electron chi connectivity index (χ3n) is 6.89. The van der Waals surface area contributed by atoms with E-state index in [1.807, 2.05) is 57.3 Å². The molecule has 1 aromatic carbocycles. The van der Waals surface area contributed by atoms with Gasteiger partial charge in [0, 0.05) is 48.8 Å². The molecule has 0 bridgehead atoms. The van der Waals surface area contributed by atoms with Crippen molar-refractivity contribution in [3.05, 3.63) is 53.5 Å². The maximum atomic E-state index is 11.6. The number of fused-ring (bicyclic) bond motifs is 1. The van der Waals surface area contributed by atoms with Crippen molar-refractivity contribution in [2.24, 2.45) is 10.9 Å². The Bertz CT molecular complexity index is 1310. The van der Waals surface area contributed by atoms with Crippen LogP contribution in [0.5, 0.6) is 0 Å². The lowest BCUT2D eigenvalue weighted by Crippen LogP contribution is -1.99. The van der Waals surface area contributed by atoms with Crippen LogP contribution in [0.25, 0.3) is 16.6 Å². The molecule has 2 N–H and O–H groups in total. The minimum absolute atomic E-state index is 0.0164. The number of ketones is 2. The number of hydrogen-bond donors (Lipinski definition) is 2. The minimum Gasteiger partial charge on any atom is -0.352 e. The van der Waals surface area contributed by atoms with Gasteiger partial charge in [-0.15, -0.1) is 0 Å². The molecule has 1 aliphatic rings. The van der Waals surface area contributed by atoms with Crippen molar-refractivity contribution in [1.82, 2.24) is 15.0 Å². The van der Waals surface area contributed by atoms with E-state index in [-0.39, 0.29) is 5.78 Å². The molecule has 2 heterocycles. The Morgan fingerprint density at radius 3 is 2.34 bits per heavy atom. The summed E-state index contributed by atoms with van der Waals surface area (Å²) in [4.78, 5) is 38.4. The first-order valence-corrected chi connectivity index (χ1v) is 15.2. The third-order valence-corrected chi connectivity index (χ3v) is 6.89. The summed E-state index contributed by atoms with van der Waals surface area (Å²) in [7, 11) is 0. The van der Waals surface area contributed by atoms with Crippen LogP contribution >= 0.6 is 0 Å². The van der Waals surface area contributed by atoms with Crippen LogP contribution in [0.4, 0.5) is 11.6 Å².